The third-order valence-electron chi connectivity index (χ3n) is 1.88. The molecule has 100 valence electrons. The predicted molar refractivity (Wildman–Crippen MR) is 50.5 cm³/mol. The zero-order chi connectivity index (χ0) is 14.1. The van der Waals surface area contributed by atoms with Crippen LogP contribution in [0.3, 0.4) is 0 Å². The smallest absolute Gasteiger partial charge is 0.417 e. The van der Waals surface area contributed by atoms with Crippen molar-refractivity contribution < 1.29 is 31.9 Å². The van der Waals surface area contributed by atoms with Gasteiger partial charge in [0.1, 0.15) is 5.69 Å². The summed E-state index contributed by atoms with van der Waals surface area (Å²) in [5.41, 5.74) is -3.43. The fourth-order valence-corrected chi connectivity index (χ4v) is 1.49. The van der Waals surface area contributed by atoms with Gasteiger partial charge in [-0.25, -0.2) is 13.8 Å². The topological polar surface area (TPSA) is 50.2 Å². The minimum absolute atomic E-state index is 0.350. The van der Waals surface area contributed by atoms with E-state index in [2.05, 4.69) is 4.98 Å². The normalized spacial score (nSPS) is 11.9. The second kappa shape index (κ2) is 5.05. The molecule has 0 bridgehead atoms. The molecule has 1 N–H and O–H groups in total. The number of nitrogens with zero attached hydrogens (tertiary/aromatic N) is 1. The van der Waals surface area contributed by atoms with Crippen LogP contribution in [0.25, 0.3) is 0 Å². The molecule has 0 aliphatic carbocycles. The quantitative estimate of drug-likeness (QED) is 0.869. The molecule has 1 aromatic heterocycles. The van der Waals surface area contributed by atoms with Crippen molar-refractivity contribution in [2.75, 3.05) is 0 Å². The molecule has 1 aromatic rings. The van der Waals surface area contributed by atoms with Crippen LogP contribution >= 0.6 is 11.6 Å². The first-order chi connectivity index (χ1) is 8.12. The number of carboxylic acids is 1. The molecule has 3 nitrogen and oxygen atoms in total. The number of carbonyl (C=O) groups is 1. The molecule has 1 rings (SSSR count). The van der Waals surface area contributed by atoms with Gasteiger partial charge >= 0.3 is 12.1 Å². The van der Waals surface area contributed by atoms with Crippen molar-refractivity contribution in [1.29, 1.82) is 0 Å². The Morgan fingerprint density at radius 2 is 2.00 bits per heavy atom. The number of hydrogen-bond donors (Lipinski definition) is 1. The summed E-state index contributed by atoms with van der Waals surface area (Å²) in [5, 5.41) is 7.20. The van der Waals surface area contributed by atoms with Crippen LogP contribution in [0.2, 0.25) is 5.02 Å². The first kappa shape index (κ1) is 14.6. The Morgan fingerprint density at radius 1 is 1.44 bits per heavy atom. The van der Waals surface area contributed by atoms with Crippen molar-refractivity contribution in [3.63, 3.8) is 0 Å². The van der Waals surface area contributed by atoms with Crippen molar-refractivity contribution in [3.8, 4) is 0 Å². The average molecular weight is 290 g/mol. The number of carboxylic acid groups (broad SMARTS) is 1. The van der Waals surface area contributed by atoms with Gasteiger partial charge in [-0.15, -0.1) is 0 Å². The first-order valence-electron chi connectivity index (χ1n) is 4.39. The maximum absolute atomic E-state index is 12.5. The van der Waals surface area contributed by atoms with Gasteiger partial charge in [0.05, 0.1) is 22.7 Å². The fourth-order valence-electron chi connectivity index (χ4n) is 1.20. The van der Waals surface area contributed by atoms with E-state index in [1.54, 1.807) is 0 Å². The maximum Gasteiger partial charge on any atom is 0.417 e. The van der Waals surface area contributed by atoms with Gasteiger partial charge in [0.25, 0.3) is 6.43 Å². The molecule has 0 aliphatic rings. The number of aromatic nitrogens is 1. The summed E-state index contributed by atoms with van der Waals surface area (Å²) in [4.78, 5) is 13.5. The molecule has 1 heterocycles. The van der Waals surface area contributed by atoms with E-state index in [-0.39, 0.29) is 0 Å². The van der Waals surface area contributed by atoms with Crippen LogP contribution in [0.5, 0.6) is 0 Å². The van der Waals surface area contributed by atoms with Gasteiger partial charge in [-0.3, -0.25) is 4.79 Å². The van der Waals surface area contributed by atoms with Crippen LogP contribution in [0, 0.1) is 0 Å². The molecule has 0 saturated heterocycles. The summed E-state index contributed by atoms with van der Waals surface area (Å²) >= 11 is 5.19. The third-order valence-corrected chi connectivity index (χ3v) is 2.28. The van der Waals surface area contributed by atoms with Gasteiger partial charge < -0.3 is 5.11 Å². The SMILES string of the molecule is O=C(O)Cc1cc(C(F)(F)F)c(Cl)c(C(F)F)n1. The summed E-state index contributed by atoms with van der Waals surface area (Å²) in [6, 6.07) is 0.350. The Morgan fingerprint density at radius 3 is 2.39 bits per heavy atom. The molecule has 0 atom stereocenters. The zero-order valence-corrected chi connectivity index (χ0v) is 9.19. The van der Waals surface area contributed by atoms with E-state index in [1.807, 2.05) is 0 Å². The fraction of sp³-hybridized carbons (Fsp3) is 0.333. The maximum atomic E-state index is 12.5. The van der Waals surface area contributed by atoms with Gasteiger partial charge in [0.15, 0.2) is 0 Å². The highest BCUT2D eigenvalue weighted by molar-refractivity contribution is 6.32. The zero-order valence-electron chi connectivity index (χ0n) is 8.43. The molecule has 9 heteroatoms. The second-order valence-corrected chi connectivity index (χ2v) is 3.61. The van der Waals surface area contributed by atoms with E-state index in [0.717, 1.165) is 0 Å². The number of pyridine rings is 1. The molecule has 18 heavy (non-hydrogen) atoms. The molecule has 0 unspecified atom stereocenters. The molecule has 0 amide bonds. The van der Waals surface area contributed by atoms with Crippen molar-refractivity contribution in [2.45, 2.75) is 19.0 Å². The van der Waals surface area contributed by atoms with E-state index in [4.69, 9.17) is 16.7 Å². The molecule has 0 spiro atoms. The lowest BCUT2D eigenvalue weighted by atomic mass is 10.1. The predicted octanol–water partition coefficient (Wildman–Crippen LogP) is 3.32. The van der Waals surface area contributed by atoms with E-state index in [1.165, 1.54) is 0 Å². The van der Waals surface area contributed by atoms with E-state index in [9.17, 15) is 26.7 Å². The van der Waals surface area contributed by atoms with Gasteiger partial charge in [-0.2, -0.15) is 13.2 Å². The van der Waals surface area contributed by atoms with Crippen LogP contribution in [0.4, 0.5) is 22.0 Å². The molecular weight excluding hydrogens is 285 g/mol. The highest BCUT2D eigenvalue weighted by Crippen LogP contribution is 2.38. The highest BCUT2D eigenvalue weighted by Gasteiger charge is 2.36. The summed E-state index contributed by atoms with van der Waals surface area (Å²) in [6.45, 7) is 0. The Hall–Kier alpha value is -1.44. The largest absolute Gasteiger partial charge is 0.481 e. The second-order valence-electron chi connectivity index (χ2n) is 3.23. The standard InChI is InChI=1S/C9H5ClF5NO2/c10-6-4(9(13,14)15)1-3(2-5(17)18)16-7(6)8(11)12/h1,8H,2H2,(H,17,18). The Bertz CT molecular complexity index is 475. The van der Waals surface area contributed by atoms with Crippen LogP contribution in [-0.2, 0) is 17.4 Å². The Kier molecular flexibility index (Phi) is 4.10. The van der Waals surface area contributed by atoms with Crippen molar-refractivity contribution in [2.24, 2.45) is 0 Å². The summed E-state index contributed by atoms with van der Waals surface area (Å²) in [5.74, 6) is -1.49. The molecule has 0 fully saturated rings. The molecule has 0 aromatic carbocycles. The van der Waals surface area contributed by atoms with Crippen LogP contribution < -0.4 is 0 Å². The lowest BCUT2D eigenvalue weighted by Gasteiger charge is -2.13. The number of aliphatic carboxylic acids is 1. The minimum Gasteiger partial charge on any atom is -0.481 e. The van der Waals surface area contributed by atoms with Crippen molar-refractivity contribution in [3.05, 3.63) is 28.0 Å². The Labute approximate surface area is 102 Å². The number of hydrogen-bond acceptors (Lipinski definition) is 2. The van der Waals surface area contributed by atoms with Crippen LogP contribution in [-0.4, -0.2) is 16.1 Å². The third kappa shape index (κ3) is 3.28. The van der Waals surface area contributed by atoms with E-state index >= 15 is 0 Å². The highest BCUT2D eigenvalue weighted by atomic mass is 35.5. The van der Waals surface area contributed by atoms with Gasteiger partial charge in [-0.1, -0.05) is 11.6 Å². The monoisotopic (exact) mass is 289 g/mol. The number of rotatable bonds is 3. The average Bonchev–Trinajstić information content (AvgIpc) is 2.17. The van der Waals surface area contributed by atoms with Gasteiger partial charge in [-0.05, 0) is 6.07 Å². The van der Waals surface area contributed by atoms with E-state index < -0.39 is 47.0 Å². The summed E-state index contributed by atoms with van der Waals surface area (Å²) in [6.07, 6.45) is -9.19. The first-order valence-corrected chi connectivity index (χ1v) is 4.77. The number of alkyl halides is 5. The van der Waals surface area contributed by atoms with Crippen LogP contribution in [0.1, 0.15) is 23.4 Å². The van der Waals surface area contributed by atoms with E-state index in [0.29, 0.717) is 6.07 Å². The number of halogens is 6. The molecule has 0 aliphatic heterocycles. The Balaban J connectivity index is 3.42. The minimum atomic E-state index is -4.96. The summed E-state index contributed by atoms with van der Waals surface area (Å²) in [7, 11) is 0. The molecular formula is C9H5ClF5NO2. The van der Waals surface area contributed by atoms with Gasteiger partial charge in [0, 0.05) is 0 Å². The van der Waals surface area contributed by atoms with Crippen molar-refractivity contribution in [1.82, 2.24) is 4.98 Å². The summed E-state index contributed by atoms with van der Waals surface area (Å²) < 4.78 is 62.4. The lowest BCUT2D eigenvalue weighted by molar-refractivity contribution is -0.139. The van der Waals surface area contributed by atoms with Gasteiger partial charge in [0.2, 0.25) is 0 Å². The lowest BCUT2D eigenvalue weighted by Crippen LogP contribution is -2.12. The van der Waals surface area contributed by atoms with Crippen LogP contribution in [0.15, 0.2) is 6.07 Å². The molecule has 0 saturated carbocycles. The molecule has 0 radical (unpaired) electrons. The van der Waals surface area contributed by atoms with Crippen molar-refractivity contribution >= 4 is 17.6 Å².